The van der Waals surface area contributed by atoms with Gasteiger partial charge in [0.05, 0.1) is 25.1 Å². The van der Waals surface area contributed by atoms with Crippen LogP contribution in [0.4, 0.5) is 0 Å². The zero-order valence-electron chi connectivity index (χ0n) is 18.5. The molecule has 0 atom stereocenters. The van der Waals surface area contributed by atoms with E-state index in [1.54, 1.807) is 28.9 Å². The maximum atomic E-state index is 12.7. The molecule has 0 aliphatic heterocycles. The van der Waals surface area contributed by atoms with Gasteiger partial charge in [-0.3, -0.25) is 14.4 Å². The van der Waals surface area contributed by atoms with E-state index in [9.17, 15) is 9.59 Å². The van der Waals surface area contributed by atoms with Crippen molar-refractivity contribution in [3.63, 3.8) is 0 Å². The molecule has 0 spiro atoms. The van der Waals surface area contributed by atoms with E-state index in [1.165, 1.54) is 7.11 Å². The first-order valence-corrected chi connectivity index (χ1v) is 11.0. The Kier molecular flexibility index (Phi) is 7.43. The lowest BCUT2D eigenvalue weighted by molar-refractivity contribution is 0.0537. The molecule has 1 aromatic heterocycles. The van der Waals surface area contributed by atoms with Crippen molar-refractivity contribution >= 4 is 11.8 Å². The predicted octanol–water partition coefficient (Wildman–Crippen LogP) is 2.60. The fourth-order valence-corrected chi connectivity index (χ4v) is 3.40. The van der Waals surface area contributed by atoms with E-state index in [-0.39, 0.29) is 17.9 Å². The first-order valence-electron chi connectivity index (χ1n) is 11.0. The van der Waals surface area contributed by atoms with Gasteiger partial charge in [0.2, 0.25) is 0 Å². The van der Waals surface area contributed by atoms with Crippen LogP contribution in [0.3, 0.4) is 0 Å². The lowest BCUT2D eigenvalue weighted by Crippen LogP contribution is -2.27. The first kappa shape index (κ1) is 22.6. The summed E-state index contributed by atoms with van der Waals surface area (Å²) in [5, 5.41) is 11.4. The minimum atomic E-state index is -0.345. The number of nitrogens with one attached hydrogen (secondary N) is 2. The van der Waals surface area contributed by atoms with Crippen LogP contribution < -0.4 is 10.8 Å². The fourth-order valence-electron chi connectivity index (χ4n) is 3.40. The van der Waals surface area contributed by atoms with Crippen LogP contribution in [0.5, 0.6) is 0 Å². The van der Waals surface area contributed by atoms with Crippen molar-refractivity contribution in [2.45, 2.75) is 38.3 Å². The predicted molar refractivity (Wildman–Crippen MR) is 121 cm³/mol. The molecule has 0 bridgehead atoms. The van der Waals surface area contributed by atoms with E-state index in [2.05, 4.69) is 25.9 Å². The lowest BCUT2D eigenvalue weighted by atomic mass is 10.1. The average Bonchev–Trinajstić information content (AvgIpc) is 3.55. The van der Waals surface area contributed by atoms with Gasteiger partial charge >= 0.3 is 0 Å². The second-order valence-electron chi connectivity index (χ2n) is 7.87. The number of hydrogen-bond acceptors (Lipinski definition) is 6. The average molecular weight is 450 g/mol. The molecule has 1 aliphatic carbocycles. The number of hydroxylamine groups is 1. The summed E-state index contributed by atoms with van der Waals surface area (Å²) in [6.07, 6.45) is 3.26. The molecule has 9 nitrogen and oxygen atoms in total. The van der Waals surface area contributed by atoms with E-state index in [4.69, 9.17) is 4.74 Å². The van der Waals surface area contributed by atoms with Crippen LogP contribution in [0, 0.1) is 0 Å². The van der Waals surface area contributed by atoms with Gasteiger partial charge in [0.25, 0.3) is 11.8 Å². The number of ether oxygens (including phenoxy) is 1. The number of amides is 2. The summed E-state index contributed by atoms with van der Waals surface area (Å²) in [5.74, 6) is -0.553. The van der Waals surface area contributed by atoms with Gasteiger partial charge in [-0.05, 0) is 55.5 Å². The highest BCUT2D eigenvalue weighted by Crippen LogP contribution is 2.21. The van der Waals surface area contributed by atoms with Crippen molar-refractivity contribution in [2.75, 3.05) is 13.7 Å². The van der Waals surface area contributed by atoms with Crippen molar-refractivity contribution in [1.29, 1.82) is 0 Å². The Morgan fingerprint density at radius 2 is 1.82 bits per heavy atom. The molecule has 0 radical (unpaired) electrons. The summed E-state index contributed by atoms with van der Waals surface area (Å²) in [7, 11) is 1.38. The molecule has 1 heterocycles. The topological polar surface area (TPSA) is 107 Å². The maximum Gasteiger partial charge on any atom is 0.274 e. The molecule has 1 saturated carbocycles. The molecule has 0 saturated heterocycles. The van der Waals surface area contributed by atoms with Gasteiger partial charge in [-0.25, -0.2) is 10.2 Å². The fraction of sp³-hybridized carbons (Fsp3) is 0.333. The highest BCUT2D eigenvalue weighted by Gasteiger charge is 2.27. The molecular weight excluding hydrogens is 422 g/mol. The third-order valence-corrected chi connectivity index (χ3v) is 5.27. The van der Waals surface area contributed by atoms with Gasteiger partial charge in [-0.1, -0.05) is 35.5 Å². The van der Waals surface area contributed by atoms with Crippen LogP contribution >= 0.6 is 0 Å². The van der Waals surface area contributed by atoms with Gasteiger partial charge in [0.1, 0.15) is 0 Å². The molecule has 4 rings (SSSR count). The van der Waals surface area contributed by atoms with Gasteiger partial charge in [-0.2, -0.15) is 0 Å². The van der Waals surface area contributed by atoms with Gasteiger partial charge < -0.3 is 10.1 Å². The molecule has 0 unspecified atom stereocenters. The minimum absolute atomic E-state index is 0.208. The highest BCUT2D eigenvalue weighted by atomic mass is 16.6. The van der Waals surface area contributed by atoms with E-state index >= 15 is 0 Å². The van der Waals surface area contributed by atoms with E-state index < -0.39 is 0 Å². The van der Waals surface area contributed by atoms with Crippen LogP contribution in [0.1, 0.15) is 51.4 Å². The molecule has 172 valence electrons. The van der Waals surface area contributed by atoms with Gasteiger partial charge in [0, 0.05) is 18.2 Å². The molecule has 2 amide bonds. The summed E-state index contributed by atoms with van der Waals surface area (Å²) in [4.78, 5) is 29.3. The van der Waals surface area contributed by atoms with Crippen molar-refractivity contribution < 1.29 is 19.2 Å². The highest BCUT2D eigenvalue weighted by molar-refractivity contribution is 5.94. The van der Waals surface area contributed by atoms with Crippen molar-refractivity contribution in [3.8, 4) is 5.69 Å². The minimum Gasteiger partial charge on any atom is -0.377 e. The number of rotatable bonds is 11. The summed E-state index contributed by atoms with van der Waals surface area (Å²) in [5.41, 5.74) is 5.60. The molecule has 9 heteroatoms. The maximum absolute atomic E-state index is 12.7. The smallest absolute Gasteiger partial charge is 0.274 e. The van der Waals surface area contributed by atoms with E-state index in [0.29, 0.717) is 48.7 Å². The van der Waals surface area contributed by atoms with Crippen LogP contribution in [0.2, 0.25) is 0 Å². The largest absolute Gasteiger partial charge is 0.377 e. The Balaban J connectivity index is 1.46. The number of carbonyl (C=O) groups excluding carboxylic acids is 2. The van der Waals surface area contributed by atoms with Crippen molar-refractivity contribution in [2.24, 2.45) is 0 Å². The molecule has 33 heavy (non-hydrogen) atoms. The quantitative estimate of drug-likeness (QED) is 0.344. The van der Waals surface area contributed by atoms with Crippen LogP contribution in [-0.4, -0.2) is 46.6 Å². The standard InChI is InChI=1S/C24H27N5O4/c1-32-27-23(30)18-9-13-20(14-10-18)29-21(22(26-28-29)24(31)25-19-11-12-19)8-5-15-33-16-17-6-3-2-4-7-17/h2-4,6-7,9-10,13-14,19H,5,8,11-12,15-16H2,1H3,(H,25,31)(H,27,30). The third kappa shape index (κ3) is 6.03. The van der Waals surface area contributed by atoms with Crippen LogP contribution in [0.15, 0.2) is 54.6 Å². The Labute approximate surface area is 192 Å². The Morgan fingerprint density at radius 1 is 1.06 bits per heavy atom. The molecule has 1 aliphatic rings. The molecule has 2 aromatic carbocycles. The van der Waals surface area contributed by atoms with Crippen molar-refractivity contribution in [3.05, 3.63) is 77.1 Å². The van der Waals surface area contributed by atoms with Crippen LogP contribution in [-0.2, 0) is 22.6 Å². The normalized spacial score (nSPS) is 13.0. The zero-order chi connectivity index (χ0) is 23.0. The van der Waals surface area contributed by atoms with Gasteiger partial charge in [-0.15, -0.1) is 5.10 Å². The number of carbonyl (C=O) groups is 2. The zero-order valence-corrected chi connectivity index (χ0v) is 18.5. The number of aromatic nitrogens is 3. The number of benzene rings is 2. The number of nitrogens with zero attached hydrogens (tertiary/aromatic N) is 3. The van der Waals surface area contributed by atoms with Gasteiger partial charge in [0.15, 0.2) is 5.69 Å². The molecule has 2 N–H and O–H groups in total. The molecule has 3 aromatic rings. The Morgan fingerprint density at radius 3 is 2.52 bits per heavy atom. The second kappa shape index (κ2) is 10.8. The molecular formula is C24H27N5O4. The summed E-state index contributed by atoms with van der Waals surface area (Å²) >= 11 is 0. The monoisotopic (exact) mass is 449 g/mol. The summed E-state index contributed by atoms with van der Waals surface area (Å²) < 4.78 is 7.45. The van der Waals surface area contributed by atoms with Crippen LogP contribution in [0.25, 0.3) is 5.69 Å². The van der Waals surface area contributed by atoms with E-state index in [1.807, 2.05) is 30.3 Å². The van der Waals surface area contributed by atoms with Crippen molar-refractivity contribution in [1.82, 2.24) is 25.8 Å². The van der Waals surface area contributed by atoms with E-state index in [0.717, 1.165) is 18.4 Å². The Hall–Kier alpha value is -3.56. The summed E-state index contributed by atoms with van der Waals surface area (Å²) in [6.45, 7) is 1.08. The third-order valence-electron chi connectivity index (χ3n) is 5.27. The summed E-state index contributed by atoms with van der Waals surface area (Å²) in [6, 6.07) is 17.1. The first-order chi connectivity index (χ1) is 16.2. The SMILES string of the molecule is CONC(=O)c1ccc(-n2nnc(C(=O)NC3CC3)c2CCCOCc2ccccc2)cc1. The second-order valence-corrected chi connectivity index (χ2v) is 7.87. The molecule has 1 fully saturated rings. The number of hydrogen-bond donors (Lipinski definition) is 2. The Bertz CT molecular complexity index is 1080. The lowest BCUT2D eigenvalue weighted by Gasteiger charge is -2.10.